The van der Waals surface area contributed by atoms with Crippen LogP contribution in [0.15, 0.2) is 36.5 Å². The molecule has 1 aromatic carbocycles. The highest BCUT2D eigenvalue weighted by Gasteiger charge is 2.09. The van der Waals surface area contributed by atoms with Gasteiger partial charge >= 0.3 is 0 Å². The number of carbonyl (C=O) groups is 1. The molecule has 1 aromatic heterocycles. The van der Waals surface area contributed by atoms with E-state index < -0.39 is 0 Å². The summed E-state index contributed by atoms with van der Waals surface area (Å²) in [5.74, 6) is -0.00735. The molecule has 0 spiro atoms. The number of benzene rings is 1. The fourth-order valence-corrected chi connectivity index (χ4v) is 1.65. The van der Waals surface area contributed by atoms with Gasteiger partial charge in [-0.2, -0.15) is 5.26 Å². The molecule has 0 saturated carbocycles. The van der Waals surface area contributed by atoms with Crippen molar-refractivity contribution in [1.82, 2.24) is 4.98 Å². The highest BCUT2D eigenvalue weighted by atomic mass is 35.5. The Morgan fingerprint density at radius 1 is 1.37 bits per heavy atom. The Balaban J connectivity index is 2.20. The van der Waals surface area contributed by atoms with Gasteiger partial charge in [0.1, 0.15) is 5.82 Å². The molecule has 6 heteroatoms. The maximum Gasteiger partial charge on any atom is 0.257 e. The third kappa shape index (κ3) is 3.00. The first kappa shape index (κ1) is 12.9. The predicted octanol–water partition coefficient (Wildman–Crippen LogP) is 2.44. The van der Waals surface area contributed by atoms with Crippen LogP contribution in [0.25, 0.3) is 0 Å². The molecule has 1 amide bonds. The summed E-state index contributed by atoms with van der Waals surface area (Å²) >= 11 is 5.96. The summed E-state index contributed by atoms with van der Waals surface area (Å²) in [7, 11) is 0. The molecule has 0 aliphatic heterocycles. The average molecular weight is 273 g/mol. The third-order valence-electron chi connectivity index (χ3n) is 2.39. The van der Waals surface area contributed by atoms with Crippen LogP contribution in [0.5, 0.6) is 0 Å². The van der Waals surface area contributed by atoms with Crippen molar-refractivity contribution < 1.29 is 4.79 Å². The molecule has 0 aliphatic rings. The number of nitriles is 1. The van der Waals surface area contributed by atoms with Crippen LogP contribution < -0.4 is 11.1 Å². The van der Waals surface area contributed by atoms with Crippen LogP contribution in [0, 0.1) is 11.3 Å². The Morgan fingerprint density at radius 2 is 2.16 bits per heavy atom. The lowest BCUT2D eigenvalue weighted by Gasteiger charge is -2.07. The summed E-state index contributed by atoms with van der Waals surface area (Å²) in [6.07, 6.45) is 1.38. The first-order valence-electron chi connectivity index (χ1n) is 5.32. The second kappa shape index (κ2) is 5.38. The minimum atomic E-state index is -0.348. The number of amides is 1. The van der Waals surface area contributed by atoms with Gasteiger partial charge in [0.15, 0.2) is 0 Å². The summed E-state index contributed by atoms with van der Waals surface area (Å²) in [4.78, 5) is 15.7. The molecular formula is C13H9ClN4O. The lowest BCUT2D eigenvalue weighted by molar-refractivity contribution is 0.102. The van der Waals surface area contributed by atoms with E-state index in [0.717, 1.165) is 0 Å². The first-order valence-corrected chi connectivity index (χ1v) is 5.70. The van der Waals surface area contributed by atoms with E-state index in [2.05, 4.69) is 10.3 Å². The number of carbonyl (C=O) groups excluding carboxylic acids is 1. The van der Waals surface area contributed by atoms with Crippen LogP contribution in [0.3, 0.4) is 0 Å². The minimum absolute atomic E-state index is 0.302. The van der Waals surface area contributed by atoms with Gasteiger partial charge in [-0.1, -0.05) is 11.6 Å². The smallest absolute Gasteiger partial charge is 0.257 e. The number of nitrogens with two attached hydrogens (primary N) is 1. The summed E-state index contributed by atoms with van der Waals surface area (Å²) in [6.45, 7) is 0. The summed E-state index contributed by atoms with van der Waals surface area (Å²) in [5.41, 5.74) is 6.67. The van der Waals surface area contributed by atoms with E-state index in [9.17, 15) is 4.79 Å². The van der Waals surface area contributed by atoms with Gasteiger partial charge in [0, 0.05) is 6.20 Å². The number of pyridine rings is 1. The Labute approximate surface area is 114 Å². The van der Waals surface area contributed by atoms with Crippen LogP contribution in [-0.4, -0.2) is 10.9 Å². The zero-order valence-electron chi connectivity index (χ0n) is 9.72. The lowest BCUT2D eigenvalue weighted by atomic mass is 10.2. The van der Waals surface area contributed by atoms with Gasteiger partial charge < -0.3 is 11.1 Å². The zero-order chi connectivity index (χ0) is 13.8. The Hall–Kier alpha value is -2.58. The fraction of sp³-hybridized carbons (Fsp3) is 0. The molecule has 0 aliphatic carbocycles. The van der Waals surface area contributed by atoms with E-state index in [-0.39, 0.29) is 5.91 Å². The van der Waals surface area contributed by atoms with E-state index >= 15 is 0 Å². The number of hydrogen-bond donors (Lipinski definition) is 2. The summed E-state index contributed by atoms with van der Waals surface area (Å²) in [5, 5.41) is 11.7. The highest BCUT2D eigenvalue weighted by Crippen LogP contribution is 2.23. The molecule has 5 nitrogen and oxygen atoms in total. The van der Waals surface area contributed by atoms with E-state index in [4.69, 9.17) is 22.6 Å². The van der Waals surface area contributed by atoms with E-state index in [1.807, 2.05) is 6.07 Å². The molecule has 94 valence electrons. The van der Waals surface area contributed by atoms with Crippen molar-refractivity contribution in [2.75, 3.05) is 11.1 Å². The van der Waals surface area contributed by atoms with E-state index in [1.54, 1.807) is 18.2 Å². The van der Waals surface area contributed by atoms with Gasteiger partial charge in [0.2, 0.25) is 0 Å². The molecule has 3 N–H and O–H groups in total. The maximum absolute atomic E-state index is 11.9. The van der Waals surface area contributed by atoms with Gasteiger partial charge in [-0.05, 0) is 30.3 Å². The van der Waals surface area contributed by atoms with Crippen LogP contribution >= 0.6 is 11.6 Å². The van der Waals surface area contributed by atoms with Crippen molar-refractivity contribution in [3.8, 4) is 6.07 Å². The Morgan fingerprint density at radius 3 is 2.74 bits per heavy atom. The SMILES string of the molecule is N#Cc1ccc(NC(=O)c2ccc(N)nc2)c(Cl)c1. The van der Waals surface area contributed by atoms with Gasteiger partial charge in [0.05, 0.1) is 27.9 Å². The van der Waals surface area contributed by atoms with Crippen molar-refractivity contribution in [2.24, 2.45) is 0 Å². The van der Waals surface area contributed by atoms with E-state index in [1.165, 1.54) is 18.3 Å². The molecule has 0 radical (unpaired) electrons. The second-order valence-electron chi connectivity index (χ2n) is 3.73. The second-order valence-corrected chi connectivity index (χ2v) is 4.14. The topological polar surface area (TPSA) is 91.8 Å². The molecule has 19 heavy (non-hydrogen) atoms. The summed E-state index contributed by atoms with van der Waals surface area (Å²) in [6, 6.07) is 9.70. The molecule has 0 bridgehead atoms. The first-order chi connectivity index (χ1) is 9.10. The fourth-order valence-electron chi connectivity index (χ4n) is 1.42. The molecule has 2 aromatic rings. The minimum Gasteiger partial charge on any atom is -0.384 e. The standard InChI is InChI=1S/C13H9ClN4O/c14-10-5-8(6-15)1-3-11(10)18-13(19)9-2-4-12(16)17-7-9/h1-5,7H,(H2,16,17)(H,18,19). The predicted molar refractivity (Wildman–Crippen MR) is 72.8 cm³/mol. The largest absolute Gasteiger partial charge is 0.384 e. The lowest BCUT2D eigenvalue weighted by Crippen LogP contribution is -2.12. The average Bonchev–Trinajstić information content (AvgIpc) is 2.41. The van der Waals surface area contributed by atoms with E-state index in [0.29, 0.717) is 27.7 Å². The number of anilines is 2. The zero-order valence-corrected chi connectivity index (χ0v) is 10.5. The molecule has 0 fully saturated rings. The Kier molecular flexibility index (Phi) is 3.64. The van der Waals surface area contributed by atoms with Crippen molar-refractivity contribution in [3.63, 3.8) is 0 Å². The highest BCUT2D eigenvalue weighted by molar-refractivity contribution is 6.34. The van der Waals surface area contributed by atoms with Gasteiger partial charge in [-0.3, -0.25) is 4.79 Å². The normalized spacial score (nSPS) is 9.68. The van der Waals surface area contributed by atoms with Crippen LogP contribution in [0.1, 0.15) is 15.9 Å². The van der Waals surface area contributed by atoms with Crippen molar-refractivity contribution in [3.05, 3.63) is 52.7 Å². The molecule has 0 unspecified atom stereocenters. The molecule has 0 saturated heterocycles. The van der Waals surface area contributed by atoms with Crippen LogP contribution in [0.2, 0.25) is 5.02 Å². The van der Waals surface area contributed by atoms with Gasteiger partial charge in [-0.25, -0.2) is 4.98 Å². The molecule has 1 heterocycles. The monoisotopic (exact) mass is 272 g/mol. The number of hydrogen-bond acceptors (Lipinski definition) is 4. The third-order valence-corrected chi connectivity index (χ3v) is 2.71. The maximum atomic E-state index is 11.9. The number of rotatable bonds is 2. The Bertz CT molecular complexity index is 661. The number of aromatic nitrogens is 1. The number of nitrogen functional groups attached to an aromatic ring is 1. The molecule has 2 rings (SSSR count). The summed E-state index contributed by atoms with van der Waals surface area (Å²) < 4.78 is 0. The molecular weight excluding hydrogens is 264 g/mol. The van der Waals surface area contributed by atoms with Crippen molar-refractivity contribution in [2.45, 2.75) is 0 Å². The van der Waals surface area contributed by atoms with Gasteiger partial charge in [0.25, 0.3) is 5.91 Å². The number of nitrogens with zero attached hydrogens (tertiary/aromatic N) is 2. The number of nitrogens with one attached hydrogen (secondary N) is 1. The van der Waals surface area contributed by atoms with Crippen LogP contribution in [0.4, 0.5) is 11.5 Å². The molecule has 0 atom stereocenters. The number of halogens is 1. The quantitative estimate of drug-likeness (QED) is 0.878. The van der Waals surface area contributed by atoms with Gasteiger partial charge in [-0.15, -0.1) is 0 Å². The van der Waals surface area contributed by atoms with Crippen molar-refractivity contribution >= 4 is 29.0 Å². The van der Waals surface area contributed by atoms with Crippen molar-refractivity contribution in [1.29, 1.82) is 5.26 Å². The van der Waals surface area contributed by atoms with Crippen LogP contribution in [-0.2, 0) is 0 Å².